The Morgan fingerprint density at radius 3 is 2.50 bits per heavy atom. The van der Waals surface area contributed by atoms with Crippen LogP contribution < -0.4 is 15.0 Å². The van der Waals surface area contributed by atoms with E-state index in [2.05, 4.69) is 16.3 Å². The zero-order valence-electron chi connectivity index (χ0n) is 23.3. The lowest BCUT2D eigenvalue weighted by molar-refractivity contribution is 0.0706. The number of hydrogen-bond acceptors (Lipinski definition) is 6. The number of benzene rings is 3. The summed E-state index contributed by atoms with van der Waals surface area (Å²) in [7, 11) is 0. The average molecular weight is 543 g/mol. The van der Waals surface area contributed by atoms with Crippen molar-refractivity contribution in [3.63, 3.8) is 0 Å². The van der Waals surface area contributed by atoms with Gasteiger partial charge in [-0.1, -0.05) is 36.4 Å². The quantitative estimate of drug-likeness (QED) is 0.342. The van der Waals surface area contributed by atoms with Gasteiger partial charge in [-0.2, -0.15) is 0 Å². The highest BCUT2D eigenvalue weighted by molar-refractivity contribution is 5.99. The van der Waals surface area contributed by atoms with E-state index in [9.17, 15) is 9.59 Å². The van der Waals surface area contributed by atoms with Gasteiger partial charge in [-0.15, -0.1) is 0 Å². The first kappa shape index (κ1) is 27.5. The lowest BCUT2D eigenvalue weighted by Crippen LogP contribution is -2.48. The topological polar surface area (TPSA) is 74.4 Å². The van der Waals surface area contributed by atoms with Crippen molar-refractivity contribution in [1.82, 2.24) is 9.80 Å². The van der Waals surface area contributed by atoms with E-state index in [1.165, 1.54) is 0 Å². The number of carbonyl (C=O) groups excluding carboxylic acids is 2. The van der Waals surface area contributed by atoms with Crippen molar-refractivity contribution in [2.45, 2.75) is 26.4 Å². The summed E-state index contributed by atoms with van der Waals surface area (Å²) >= 11 is 0. The molecule has 40 heavy (non-hydrogen) atoms. The largest absolute Gasteiger partial charge is 0.492 e. The first-order valence-corrected chi connectivity index (χ1v) is 14.2. The van der Waals surface area contributed by atoms with E-state index < -0.39 is 0 Å². The van der Waals surface area contributed by atoms with Gasteiger partial charge in [-0.25, -0.2) is 0 Å². The number of rotatable bonds is 11. The molecule has 0 spiro atoms. The second-order valence-electron chi connectivity index (χ2n) is 9.94. The van der Waals surface area contributed by atoms with Crippen molar-refractivity contribution in [3.05, 3.63) is 89.5 Å². The third-order valence-electron chi connectivity index (χ3n) is 7.44. The number of fused-ring (bicyclic) bond motifs is 1. The van der Waals surface area contributed by atoms with Gasteiger partial charge in [0.25, 0.3) is 11.8 Å². The number of hydrogen-bond donors (Lipinski definition) is 1. The van der Waals surface area contributed by atoms with Crippen LogP contribution in [0.5, 0.6) is 5.75 Å². The number of nitrogens with one attached hydrogen (secondary N) is 1. The van der Waals surface area contributed by atoms with Crippen LogP contribution in [0, 0.1) is 0 Å². The second kappa shape index (κ2) is 12.9. The van der Waals surface area contributed by atoms with Crippen molar-refractivity contribution in [3.8, 4) is 5.75 Å². The molecule has 1 saturated heterocycles. The lowest BCUT2D eigenvalue weighted by Gasteiger charge is -2.36. The Balaban J connectivity index is 1.26. The summed E-state index contributed by atoms with van der Waals surface area (Å²) < 4.78 is 11.3. The molecule has 3 aromatic rings. The van der Waals surface area contributed by atoms with Crippen LogP contribution in [0.3, 0.4) is 0 Å². The van der Waals surface area contributed by atoms with Crippen LogP contribution in [0.4, 0.5) is 11.4 Å². The van der Waals surface area contributed by atoms with Crippen LogP contribution >= 0.6 is 0 Å². The fraction of sp³-hybridized carbons (Fsp3) is 0.375. The van der Waals surface area contributed by atoms with Gasteiger partial charge in [0.2, 0.25) is 0 Å². The normalized spacial score (nSPS) is 16.7. The molecule has 2 aliphatic heterocycles. The number of nitrogens with zero attached hydrogens (tertiary/aromatic N) is 3. The molecule has 8 heteroatoms. The Morgan fingerprint density at radius 1 is 0.925 bits per heavy atom. The van der Waals surface area contributed by atoms with Gasteiger partial charge < -0.3 is 29.5 Å². The molecule has 0 saturated carbocycles. The molecule has 0 aromatic heterocycles. The number of anilines is 2. The zero-order chi connectivity index (χ0) is 27.9. The molecule has 210 valence electrons. The van der Waals surface area contributed by atoms with Crippen molar-refractivity contribution in [2.75, 3.05) is 62.8 Å². The summed E-state index contributed by atoms with van der Waals surface area (Å²) in [5.41, 5.74) is 4.17. The van der Waals surface area contributed by atoms with Crippen LogP contribution in [0.1, 0.15) is 52.7 Å². The molecular weight excluding hydrogens is 504 g/mol. The fourth-order valence-electron chi connectivity index (χ4n) is 5.47. The average Bonchev–Trinajstić information content (AvgIpc) is 3.26. The van der Waals surface area contributed by atoms with Gasteiger partial charge in [0.1, 0.15) is 11.9 Å². The Morgan fingerprint density at radius 2 is 1.70 bits per heavy atom. The first-order valence-electron chi connectivity index (χ1n) is 14.2. The van der Waals surface area contributed by atoms with Gasteiger partial charge in [-0.05, 0) is 56.7 Å². The third kappa shape index (κ3) is 5.92. The molecule has 2 amide bonds. The minimum Gasteiger partial charge on any atom is -0.492 e. The van der Waals surface area contributed by atoms with Crippen LogP contribution in [-0.4, -0.2) is 74.2 Å². The van der Waals surface area contributed by atoms with Crippen molar-refractivity contribution in [2.24, 2.45) is 0 Å². The van der Waals surface area contributed by atoms with E-state index in [4.69, 9.17) is 9.47 Å². The number of para-hydroxylation sites is 2. The van der Waals surface area contributed by atoms with Crippen molar-refractivity contribution < 1.29 is 19.1 Å². The highest BCUT2D eigenvalue weighted by Gasteiger charge is 2.36. The summed E-state index contributed by atoms with van der Waals surface area (Å²) in [5, 5.41) is 3.53. The van der Waals surface area contributed by atoms with Crippen LogP contribution in [-0.2, 0) is 4.74 Å². The number of piperazine rings is 1. The number of ether oxygens (including phenoxy) is 2. The lowest BCUT2D eigenvalue weighted by atomic mass is 10.1. The Hall–Kier alpha value is -4.04. The molecular formula is C32H38N4O4. The minimum atomic E-state index is -0.301. The molecule has 3 aromatic carbocycles. The molecule has 1 N–H and O–H groups in total. The predicted octanol–water partition coefficient (Wildman–Crippen LogP) is 5.04. The smallest absolute Gasteiger partial charge is 0.256 e. The van der Waals surface area contributed by atoms with E-state index >= 15 is 0 Å². The zero-order valence-corrected chi connectivity index (χ0v) is 23.3. The van der Waals surface area contributed by atoms with Gasteiger partial charge in [0, 0.05) is 68.3 Å². The van der Waals surface area contributed by atoms with Gasteiger partial charge in [-0.3, -0.25) is 9.59 Å². The molecule has 1 fully saturated rings. The van der Waals surface area contributed by atoms with Gasteiger partial charge >= 0.3 is 0 Å². The molecule has 2 aliphatic rings. The van der Waals surface area contributed by atoms with E-state index in [1.807, 2.05) is 90.4 Å². The summed E-state index contributed by atoms with van der Waals surface area (Å²) in [6.45, 7) is 9.17. The van der Waals surface area contributed by atoms with Crippen molar-refractivity contribution >= 4 is 23.2 Å². The third-order valence-corrected chi connectivity index (χ3v) is 7.44. The van der Waals surface area contributed by atoms with Crippen LogP contribution in [0.25, 0.3) is 0 Å². The first-order chi connectivity index (χ1) is 19.6. The van der Waals surface area contributed by atoms with E-state index in [0.717, 1.165) is 42.2 Å². The van der Waals surface area contributed by atoms with Gasteiger partial charge in [0.15, 0.2) is 0 Å². The molecule has 1 unspecified atom stereocenters. The van der Waals surface area contributed by atoms with E-state index in [0.29, 0.717) is 50.6 Å². The maximum Gasteiger partial charge on any atom is 0.256 e. The minimum absolute atomic E-state index is 0.0119. The molecule has 0 radical (unpaired) electrons. The molecule has 2 heterocycles. The predicted molar refractivity (Wildman–Crippen MR) is 157 cm³/mol. The SMILES string of the molecule is CCOCCCN1C(=O)c2ccccc2C1Nc1cccc(C(=O)N2CCN(c3ccccc3OCC)CC2)c1. The van der Waals surface area contributed by atoms with Crippen LogP contribution in [0.2, 0.25) is 0 Å². The van der Waals surface area contributed by atoms with Gasteiger partial charge in [0.05, 0.1) is 12.3 Å². The molecule has 5 rings (SSSR count). The molecule has 8 nitrogen and oxygen atoms in total. The van der Waals surface area contributed by atoms with Crippen LogP contribution in [0.15, 0.2) is 72.8 Å². The highest BCUT2D eigenvalue weighted by atomic mass is 16.5. The molecule has 0 bridgehead atoms. The monoisotopic (exact) mass is 542 g/mol. The fourth-order valence-corrected chi connectivity index (χ4v) is 5.47. The highest BCUT2D eigenvalue weighted by Crippen LogP contribution is 2.35. The summed E-state index contributed by atoms with van der Waals surface area (Å²) in [5.74, 6) is 0.904. The van der Waals surface area contributed by atoms with Crippen molar-refractivity contribution in [1.29, 1.82) is 0 Å². The maximum atomic E-state index is 13.5. The number of amides is 2. The number of carbonyl (C=O) groups is 2. The maximum absolute atomic E-state index is 13.5. The summed E-state index contributed by atoms with van der Waals surface area (Å²) in [6, 6.07) is 23.4. The summed E-state index contributed by atoms with van der Waals surface area (Å²) in [4.78, 5) is 32.7. The molecule has 1 atom stereocenters. The standard InChI is InChI=1S/C32H38N4O4/c1-3-39-22-10-17-36-30(26-13-5-6-14-27(26)32(36)38)33-25-12-9-11-24(23-25)31(37)35-20-18-34(19-21-35)28-15-7-8-16-29(28)40-4-2/h5-9,11-16,23,30,33H,3-4,10,17-22H2,1-2H3. The van der Waals surface area contributed by atoms with E-state index in [1.54, 1.807) is 0 Å². The Labute approximate surface area is 236 Å². The summed E-state index contributed by atoms with van der Waals surface area (Å²) in [6.07, 6.45) is 0.454. The molecule has 0 aliphatic carbocycles. The Bertz CT molecular complexity index is 1320. The van der Waals surface area contributed by atoms with E-state index in [-0.39, 0.29) is 18.0 Å². The second-order valence-corrected chi connectivity index (χ2v) is 9.94. The Kier molecular flexibility index (Phi) is 8.86.